The van der Waals surface area contributed by atoms with E-state index in [1.807, 2.05) is 48.5 Å². The van der Waals surface area contributed by atoms with Gasteiger partial charge in [0.05, 0.1) is 0 Å². The first-order valence-electron chi connectivity index (χ1n) is 5.02. The number of hydrogen-bond donors (Lipinski definition) is 0. The van der Waals surface area contributed by atoms with Gasteiger partial charge in [0.1, 0.15) is 0 Å². The normalized spacial score (nSPS) is 11.1. The van der Waals surface area contributed by atoms with Crippen molar-refractivity contribution in [1.82, 2.24) is 4.98 Å². The highest BCUT2D eigenvalue weighted by atomic mass is 16.1. The molecule has 0 fully saturated rings. The fraction of sp³-hybridized carbons (Fsp3) is 0. The summed E-state index contributed by atoms with van der Waals surface area (Å²) < 4.78 is 0. The van der Waals surface area contributed by atoms with Gasteiger partial charge >= 0.3 is 0 Å². The molecule has 2 heteroatoms. The molecule has 0 spiro atoms. The Morgan fingerprint density at radius 2 is 1.88 bits per heavy atom. The smallest absolute Gasteiger partial charge is 0.150 e. The summed E-state index contributed by atoms with van der Waals surface area (Å²) in [6.45, 7) is 0. The molecule has 1 aromatic carbocycles. The monoisotopic (exact) mass is 209 g/mol. The number of pyridine rings is 1. The van der Waals surface area contributed by atoms with E-state index in [-0.39, 0.29) is 0 Å². The van der Waals surface area contributed by atoms with Crippen molar-refractivity contribution in [3.8, 4) is 0 Å². The first kappa shape index (κ1) is 10.3. The molecule has 0 aliphatic carbocycles. The molecule has 2 aromatic rings. The number of aromatic nitrogens is 1. The van der Waals surface area contributed by atoms with E-state index < -0.39 is 0 Å². The lowest BCUT2D eigenvalue weighted by Gasteiger charge is -1.99. The lowest BCUT2D eigenvalue weighted by Crippen LogP contribution is -1.85. The van der Waals surface area contributed by atoms with Gasteiger partial charge in [-0.3, -0.25) is 9.78 Å². The van der Waals surface area contributed by atoms with Crippen LogP contribution in [0.15, 0.2) is 54.9 Å². The van der Waals surface area contributed by atoms with Gasteiger partial charge in [0.2, 0.25) is 0 Å². The van der Waals surface area contributed by atoms with Crippen LogP contribution in [0.5, 0.6) is 0 Å². The third-order valence-corrected chi connectivity index (χ3v) is 2.24. The second kappa shape index (κ2) is 5.03. The van der Waals surface area contributed by atoms with Crippen molar-refractivity contribution in [3.05, 3.63) is 66.0 Å². The highest BCUT2D eigenvalue weighted by Gasteiger charge is 1.99. The topological polar surface area (TPSA) is 30.0 Å². The summed E-state index contributed by atoms with van der Waals surface area (Å²) in [7, 11) is 0. The van der Waals surface area contributed by atoms with Gasteiger partial charge in [-0.2, -0.15) is 0 Å². The summed E-state index contributed by atoms with van der Waals surface area (Å²) in [6.07, 6.45) is 6.13. The number of benzene rings is 1. The van der Waals surface area contributed by atoms with Crippen molar-refractivity contribution in [2.75, 3.05) is 0 Å². The first-order chi connectivity index (χ1) is 7.90. The van der Waals surface area contributed by atoms with Gasteiger partial charge < -0.3 is 0 Å². The van der Waals surface area contributed by atoms with Crippen LogP contribution < -0.4 is 0 Å². The van der Waals surface area contributed by atoms with E-state index in [0.717, 1.165) is 17.4 Å². The summed E-state index contributed by atoms with van der Waals surface area (Å²) in [4.78, 5) is 15.0. The van der Waals surface area contributed by atoms with Crippen LogP contribution in [0.1, 0.15) is 11.1 Å². The van der Waals surface area contributed by atoms with E-state index >= 15 is 0 Å². The molecule has 2 nitrogen and oxygen atoms in total. The van der Waals surface area contributed by atoms with Gasteiger partial charge in [-0.05, 0) is 23.3 Å². The van der Waals surface area contributed by atoms with Crippen LogP contribution in [0.2, 0.25) is 0 Å². The molecule has 0 amide bonds. The maximum Gasteiger partial charge on any atom is 0.150 e. The molecule has 0 radical (unpaired) electrons. The van der Waals surface area contributed by atoms with Crippen LogP contribution >= 0.6 is 0 Å². The Labute approximate surface area is 94.3 Å². The summed E-state index contributed by atoms with van der Waals surface area (Å²) in [5, 5.41) is 0. The number of aldehydes is 1. The van der Waals surface area contributed by atoms with Crippen molar-refractivity contribution in [2.45, 2.75) is 0 Å². The van der Waals surface area contributed by atoms with E-state index in [2.05, 4.69) is 4.98 Å². The summed E-state index contributed by atoms with van der Waals surface area (Å²) in [5.41, 5.74) is 2.50. The van der Waals surface area contributed by atoms with Gasteiger partial charge in [-0.1, -0.05) is 36.4 Å². The molecule has 0 saturated heterocycles. The van der Waals surface area contributed by atoms with E-state index in [1.165, 1.54) is 0 Å². The van der Waals surface area contributed by atoms with Crippen LogP contribution in [-0.4, -0.2) is 11.3 Å². The fourth-order valence-corrected chi connectivity index (χ4v) is 1.46. The molecule has 0 saturated carbocycles. The summed E-state index contributed by atoms with van der Waals surface area (Å²) in [5.74, 6) is 0. The Morgan fingerprint density at radius 1 is 1.06 bits per heavy atom. The van der Waals surface area contributed by atoms with Crippen LogP contribution in [0, 0.1) is 0 Å². The Kier molecular flexibility index (Phi) is 3.24. The summed E-state index contributed by atoms with van der Waals surface area (Å²) >= 11 is 0. The summed E-state index contributed by atoms with van der Waals surface area (Å²) in [6, 6.07) is 13.3. The van der Waals surface area contributed by atoms with Gasteiger partial charge in [0.25, 0.3) is 0 Å². The van der Waals surface area contributed by atoms with Crippen LogP contribution in [0.3, 0.4) is 0 Å². The van der Waals surface area contributed by atoms with Crippen LogP contribution in [-0.2, 0) is 4.79 Å². The Hall–Kier alpha value is -2.22. The minimum absolute atomic E-state index is 0.661. The lowest BCUT2D eigenvalue weighted by atomic mass is 10.1. The average molecular weight is 209 g/mol. The molecule has 2 rings (SSSR count). The molecule has 78 valence electrons. The Bertz CT molecular complexity index is 489. The molecule has 1 aromatic heterocycles. The third kappa shape index (κ3) is 2.42. The Balaban J connectivity index is 2.38. The van der Waals surface area contributed by atoms with Crippen LogP contribution in [0.25, 0.3) is 11.6 Å². The minimum Gasteiger partial charge on any atom is -0.298 e. The highest BCUT2D eigenvalue weighted by Crippen LogP contribution is 2.15. The third-order valence-electron chi connectivity index (χ3n) is 2.24. The molecule has 0 unspecified atom stereocenters. The molecular weight excluding hydrogens is 198 g/mol. The standard InChI is InChI=1S/C14H11NO/c16-11-14(13-6-2-1-3-7-13)9-12-5-4-8-15-10-12/h1-11H/b14-9+. The zero-order valence-corrected chi connectivity index (χ0v) is 8.71. The van der Waals surface area contributed by atoms with E-state index in [0.29, 0.717) is 5.57 Å². The van der Waals surface area contributed by atoms with E-state index in [4.69, 9.17) is 0 Å². The van der Waals surface area contributed by atoms with Gasteiger partial charge in [-0.15, -0.1) is 0 Å². The Morgan fingerprint density at radius 3 is 2.50 bits per heavy atom. The minimum atomic E-state index is 0.661. The molecule has 1 heterocycles. The molecule has 16 heavy (non-hydrogen) atoms. The average Bonchev–Trinajstić information content (AvgIpc) is 2.38. The SMILES string of the molecule is O=C/C(=C\c1cccnc1)c1ccccc1. The van der Waals surface area contributed by atoms with Crippen LogP contribution in [0.4, 0.5) is 0 Å². The molecule has 0 atom stereocenters. The predicted octanol–water partition coefficient (Wildman–Crippen LogP) is 2.82. The number of carbonyl (C=O) groups is 1. The molecule has 0 aliphatic rings. The first-order valence-corrected chi connectivity index (χ1v) is 5.02. The number of rotatable bonds is 3. The molecule has 0 bridgehead atoms. The molecule has 0 aliphatic heterocycles. The van der Waals surface area contributed by atoms with Gasteiger partial charge in [0.15, 0.2) is 6.29 Å². The van der Waals surface area contributed by atoms with Crippen molar-refractivity contribution < 1.29 is 4.79 Å². The quantitative estimate of drug-likeness (QED) is 0.574. The predicted molar refractivity (Wildman–Crippen MR) is 64.6 cm³/mol. The second-order valence-electron chi connectivity index (χ2n) is 3.37. The number of allylic oxidation sites excluding steroid dienone is 1. The van der Waals surface area contributed by atoms with Crippen molar-refractivity contribution in [1.29, 1.82) is 0 Å². The van der Waals surface area contributed by atoms with Crippen molar-refractivity contribution in [2.24, 2.45) is 0 Å². The van der Waals surface area contributed by atoms with Crippen molar-refractivity contribution >= 4 is 17.9 Å². The largest absolute Gasteiger partial charge is 0.298 e. The fourth-order valence-electron chi connectivity index (χ4n) is 1.46. The molecule has 0 N–H and O–H groups in total. The number of carbonyl (C=O) groups excluding carboxylic acids is 1. The zero-order valence-electron chi connectivity index (χ0n) is 8.71. The molecular formula is C14H11NO. The maximum atomic E-state index is 11.0. The maximum absolute atomic E-state index is 11.0. The van der Waals surface area contributed by atoms with Gasteiger partial charge in [-0.25, -0.2) is 0 Å². The van der Waals surface area contributed by atoms with Gasteiger partial charge in [0, 0.05) is 18.0 Å². The number of hydrogen-bond acceptors (Lipinski definition) is 2. The van der Waals surface area contributed by atoms with E-state index in [9.17, 15) is 4.79 Å². The van der Waals surface area contributed by atoms with E-state index in [1.54, 1.807) is 12.4 Å². The number of nitrogens with zero attached hydrogens (tertiary/aromatic N) is 1. The second-order valence-corrected chi connectivity index (χ2v) is 3.37. The highest BCUT2D eigenvalue weighted by molar-refractivity contribution is 6.13. The lowest BCUT2D eigenvalue weighted by molar-refractivity contribution is -0.103. The van der Waals surface area contributed by atoms with Crippen molar-refractivity contribution in [3.63, 3.8) is 0 Å². The zero-order chi connectivity index (χ0) is 11.2.